The molecule has 0 unspecified atom stereocenters. The highest BCUT2D eigenvalue weighted by molar-refractivity contribution is 7.16. The topological polar surface area (TPSA) is 37.0 Å². The molecule has 0 aliphatic carbocycles. The van der Waals surface area contributed by atoms with Crippen molar-refractivity contribution in [2.45, 2.75) is 19.8 Å². The van der Waals surface area contributed by atoms with Crippen molar-refractivity contribution in [3.05, 3.63) is 16.9 Å². The maximum absolute atomic E-state index is 4.48. The number of fused-ring (bicyclic) bond motifs is 1. The Kier molecular flexibility index (Phi) is 1.77. The Bertz CT molecular complexity index is 314. The number of hydrazine groups is 1. The smallest absolute Gasteiger partial charge is 0.135 e. The number of nitrogens with one attached hydrogen (secondary N) is 2. The standard InChI is InChI=1S/C8H11N3S/c1-5(2)7-10-6-3-4-9-11-8(6)12-7/h3-5,9,11H,1-2H3. The number of rotatable bonds is 1. The monoisotopic (exact) mass is 181 g/mol. The van der Waals surface area contributed by atoms with Crippen LogP contribution >= 0.6 is 11.3 Å². The molecule has 12 heavy (non-hydrogen) atoms. The fraction of sp³-hybridized carbons (Fsp3) is 0.375. The molecule has 0 saturated carbocycles. The van der Waals surface area contributed by atoms with Crippen LogP contribution in [0.1, 0.15) is 30.5 Å². The quantitative estimate of drug-likeness (QED) is 0.697. The van der Waals surface area contributed by atoms with Crippen molar-refractivity contribution in [1.82, 2.24) is 10.4 Å². The van der Waals surface area contributed by atoms with Gasteiger partial charge in [0.2, 0.25) is 0 Å². The van der Waals surface area contributed by atoms with Crippen molar-refractivity contribution in [2.75, 3.05) is 5.43 Å². The fourth-order valence-corrected chi connectivity index (χ4v) is 1.94. The zero-order valence-electron chi connectivity index (χ0n) is 7.09. The van der Waals surface area contributed by atoms with Crippen LogP contribution in [0.25, 0.3) is 6.08 Å². The molecular formula is C8H11N3S. The minimum Gasteiger partial charge on any atom is -0.307 e. The number of thiazole rings is 1. The van der Waals surface area contributed by atoms with Crippen molar-refractivity contribution >= 4 is 22.4 Å². The SMILES string of the molecule is CC(C)c1nc2c(s1)NNC=C2. The lowest BCUT2D eigenvalue weighted by atomic mass is 10.2. The van der Waals surface area contributed by atoms with E-state index < -0.39 is 0 Å². The number of hydrogen-bond acceptors (Lipinski definition) is 4. The minimum atomic E-state index is 0.510. The summed E-state index contributed by atoms with van der Waals surface area (Å²) in [6.45, 7) is 4.31. The fourth-order valence-electron chi connectivity index (χ4n) is 1.03. The normalized spacial score (nSPS) is 13.9. The molecule has 0 aromatic carbocycles. The van der Waals surface area contributed by atoms with Gasteiger partial charge in [-0.05, 0) is 6.08 Å². The van der Waals surface area contributed by atoms with Crippen molar-refractivity contribution < 1.29 is 0 Å². The summed E-state index contributed by atoms with van der Waals surface area (Å²) in [6, 6.07) is 0. The second-order valence-corrected chi connectivity index (χ2v) is 4.05. The zero-order chi connectivity index (χ0) is 8.55. The summed E-state index contributed by atoms with van der Waals surface area (Å²) in [5, 5.41) is 2.29. The van der Waals surface area contributed by atoms with Crippen LogP contribution in [0.2, 0.25) is 0 Å². The van der Waals surface area contributed by atoms with Gasteiger partial charge in [0.15, 0.2) is 0 Å². The Balaban J connectivity index is 2.39. The molecule has 0 radical (unpaired) electrons. The number of anilines is 1. The Morgan fingerprint density at radius 2 is 2.33 bits per heavy atom. The molecule has 4 heteroatoms. The van der Waals surface area contributed by atoms with E-state index in [0.717, 1.165) is 10.7 Å². The Morgan fingerprint density at radius 1 is 1.50 bits per heavy atom. The van der Waals surface area contributed by atoms with E-state index in [1.807, 2.05) is 12.3 Å². The van der Waals surface area contributed by atoms with Gasteiger partial charge in [-0.1, -0.05) is 25.2 Å². The second-order valence-electron chi connectivity index (χ2n) is 3.02. The van der Waals surface area contributed by atoms with Crippen LogP contribution in [0.5, 0.6) is 0 Å². The van der Waals surface area contributed by atoms with Gasteiger partial charge < -0.3 is 5.43 Å². The summed E-state index contributed by atoms with van der Waals surface area (Å²) in [5.41, 5.74) is 7.03. The van der Waals surface area contributed by atoms with Crippen molar-refractivity contribution in [1.29, 1.82) is 0 Å². The van der Waals surface area contributed by atoms with E-state index in [2.05, 4.69) is 29.7 Å². The van der Waals surface area contributed by atoms with Crippen LogP contribution < -0.4 is 10.9 Å². The lowest BCUT2D eigenvalue weighted by molar-refractivity contribution is 0.850. The molecule has 2 heterocycles. The molecule has 0 atom stereocenters. The van der Waals surface area contributed by atoms with Crippen molar-refractivity contribution in [3.63, 3.8) is 0 Å². The van der Waals surface area contributed by atoms with Crippen LogP contribution in [-0.2, 0) is 0 Å². The van der Waals surface area contributed by atoms with Crippen molar-refractivity contribution in [2.24, 2.45) is 0 Å². The van der Waals surface area contributed by atoms with Gasteiger partial charge in [0.25, 0.3) is 0 Å². The van der Waals surface area contributed by atoms with Crippen LogP contribution in [0.15, 0.2) is 6.20 Å². The molecular weight excluding hydrogens is 170 g/mol. The highest BCUT2D eigenvalue weighted by atomic mass is 32.1. The highest BCUT2D eigenvalue weighted by Crippen LogP contribution is 2.30. The molecule has 1 aromatic rings. The van der Waals surface area contributed by atoms with Gasteiger partial charge >= 0.3 is 0 Å². The average molecular weight is 181 g/mol. The molecule has 1 aliphatic heterocycles. The Morgan fingerprint density at radius 3 is 3.00 bits per heavy atom. The lowest BCUT2D eigenvalue weighted by Gasteiger charge is -2.06. The third kappa shape index (κ3) is 1.18. The number of aromatic nitrogens is 1. The zero-order valence-corrected chi connectivity index (χ0v) is 7.90. The van der Waals surface area contributed by atoms with E-state index >= 15 is 0 Å². The molecule has 1 aromatic heterocycles. The van der Waals surface area contributed by atoms with Crippen molar-refractivity contribution in [3.8, 4) is 0 Å². The summed E-state index contributed by atoms with van der Waals surface area (Å²) < 4.78 is 0. The molecule has 0 fully saturated rings. The largest absolute Gasteiger partial charge is 0.307 e. The van der Waals surface area contributed by atoms with Crippen LogP contribution in [0.4, 0.5) is 5.00 Å². The van der Waals surface area contributed by atoms with Gasteiger partial charge in [-0.2, -0.15) is 0 Å². The van der Waals surface area contributed by atoms with Gasteiger partial charge in [-0.25, -0.2) is 4.98 Å². The Labute approximate surface area is 75.5 Å². The summed E-state index contributed by atoms with van der Waals surface area (Å²) in [5.74, 6) is 0.510. The minimum absolute atomic E-state index is 0.510. The predicted molar refractivity (Wildman–Crippen MR) is 52.0 cm³/mol. The summed E-state index contributed by atoms with van der Waals surface area (Å²) in [7, 11) is 0. The van der Waals surface area contributed by atoms with E-state index in [9.17, 15) is 0 Å². The molecule has 0 saturated heterocycles. The predicted octanol–water partition coefficient (Wildman–Crippen LogP) is 2.17. The molecule has 3 nitrogen and oxygen atoms in total. The molecule has 1 aliphatic rings. The highest BCUT2D eigenvalue weighted by Gasteiger charge is 2.12. The van der Waals surface area contributed by atoms with E-state index in [4.69, 9.17) is 0 Å². The van der Waals surface area contributed by atoms with Gasteiger partial charge in [-0.15, -0.1) is 0 Å². The van der Waals surface area contributed by atoms with Gasteiger partial charge in [0.05, 0.1) is 5.01 Å². The van der Waals surface area contributed by atoms with E-state index in [0.29, 0.717) is 5.92 Å². The maximum Gasteiger partial charge on any atom is 0.135 e. The van der Waals surface area contributed by atoms with E-state index in [-0.39, 0.29) is 0 Å². The van der Waals surface area contributed by atoms with Gasteiger partial charge in [0, 0.05) is 12.1 Å². The average Bonchev–Trinajstić information content (AvgIpc) is 2.46. The first-order valence-electron chi connectivity index (χ1n) is 3.96. The molecule has 0 amide bonds. The molecule has 64 valence electrons. The van der Waals surface area contributed by atoms with Crippen LogP contribution in [-0.4, -0.2) is 4.98 Å². The summed E-state index contributed by atoms with van der Waals surface area (Å²) >= 11 is 1.71. The van der Waals surface area contributed by atoms with Crippen LogP contribution in [0, 0.1) is 0 Å². The first kappa shape index (κ1) is 7.61. The third-order valence-electron chi connectivity index (χ3n) is 1.67. The van der Waals surface area contributed by atoms with E-state index in [1.54, 1.807) is 11.3 Å². The summed E-state index contributed by atoms with van der Waals surface area (Å²) in [6.07, 6.45) is 3.83. The van der Waals surface area contributed by atoms with E-state index in [1.165, 1.54) is 5.01 Å². The number of hydrogen-bond donors (Lipinski definition) is 2. The maximum atomic E-state index is 4.48. The van der Waals surface area contributed by atoms with Gasteiger partial charge in [0.1, 0.15) is 10.7 Å². The molecule has 2 rings (SSSR count). The van der Waals surface area contributed by atoms with Crippen LogP contribution in [0.3, 0.4) is 0 Å². The summed E-state index contributed by atoms with van der Waals surface area (Å²) in [4.78, 5) is 4.48. The number of nitrogens with zero attached hydrogens (tertiary/aromatic N) is 1. The molecule has 2 N–H and O–H groups in total. The molecule has 0 bridgehead atoms. The second kappa shape index (κ2) is 2.79. The first-order valence-corrected chi connectivity index (χ1v) is 4.78. The molecule has 0 spiro atoms. The lowest BCUT2D eigenvalue weighted by Crippen LogP contribution is -2.16. The van der Waals surface area contributed by atoms with Gasteiger partial charge in [-0.3, -0.25) is 5.43 Å². The Hall–Kier alpha value is -1.03. The third-order valence-corrected chi connectivity index (χ3v) is 2.96. The first-order chi connectivity index (χ1) is 5.77.